The average Bonchev–Trinajstić information content (AvgIpc) is 2.22. The van der Waals surface area contributed by atoms with E-state index >= 15 is 0 Å². The van der Waals surface area contributed by atoms with Gasteiger partial charge in [0.2, 0.25) is 0 Å². The molecule has 0 bridgehead atoms. The summed E-state index contributed by atoms with van der Waals surface area (Å²) in [6.45, 7) is 6.21. The molecule has 0 heterocycles. The van der Waals surface area contributed by atoms with Crippen LogP contribution in [0.2, 0.25) is 0 Å². The summed E-state index contributed by atoms with van der Waals surface area (Å²) in [7, 11) is 0. The van der Waals surface area contributed by atoms with Crippen molar-refractivity contribution in [3.63, 3.8) is 0 Å². The Morgan fingerprint density at radius 2 is 1.94 bits per heavy atom. The number of rotatable bonds is 5. The first kappa shape index (κ1) is 13.0. The van der Waals surface area contributed by atoms with E-state index in [-0.39, 0.29) is 11.2 Å². The van der Waals surface area contributed by atoms with E-state index in [4.69, 9.17) is 0 Å². The van der Waals surface area contributed by atoms with Crippen molar-refractivity contribution in [3.05, 3.63) is 29.6 Å². The second-order valence-electron chi connectivity index (χ2n) is 4.98. The third-order valence-electron chi connectivity index (χ3n) is 3.11. The molecule has 1 rings (SSSR count). The SMILES string of the molecule is CCCCCC(C)(C)c1cccc(O)c1F. The van der Waals surface area contributed by atoms with Gasteiger partial charge in [0.25, 0.3) is 0 Å². The van der Waals surface area contributed by atoms with E-state index in [9.17, 15) is 9.50 Å². The lowest BCUT2D eigenvalue weighted by Gasteiger charge is -2.26. The molecule has 2 heteroatoms. The largest absolute Gasteiger partial charge is 0.505 e. The molecule has 1 aromatic carbocycles. The Hall–Kier alpha value is -1.05. The van der Waals surface area contributed by atoms with E-state index in [2.05, 4.69) is 6.92 Å². The number of phenolic OH excluding ortho intramolecular Hbond substituents is 1. The van der Waals surface area contributed by atoms with Crippen LogP contribution in [0, 0.1) is 5.82 Å². The fourth-order valence-electron chi connectivity index (χ4n) is 1.99. The zero-order chi connectivity index (χ0) is 12.2. The summed E-state index contributed by atoms with van der Waals surface area (Å²) in [6.07, 6.45) is 4.38. The second-order valence-corrected chi connectivity index (χ2v) is 4.98. The van der Waals surface area contributed by atoms with Crippen molar-refractivity contribution in [2.45, 2.75) is 51.9 Å². The number of hydrogen-bond acceptors (Lipinski definition) is 1. The van der Waals surface area contributed by atoms with E-state index < -0.39 is 5.82 Å². The monoisotopic (exact) mass is 224 g/mol. The maximum atomic E-state index is 13.8. The van der Waals surface area contributed by atoms with Crippen molar-refractivity contribution >= 4 is 0 Å². The Bertz CT molecular complexity index is 345. The molecule has 90 valence electrons. The highest BCUT2D eigenvalue weighted by Crippen LogP contribution is 2.33. The van der Waals surface area contributed by atoms with Crippen molar-refractivity contribution in [1.29, 1.82) is 0 Å². The maximum absolute atomic E-state index is 13.8. The molecule has 1 N–H and O–H groups in total. The summed E-state index contributed by atoms with van der Waals surface area (Å²) in [5.74, 6) is -0.718. The molecule has 0 radical (unpaired) electrons. The van der Waals surface area contributed by atoms with Crippen LogP contribution in [0.4, 0.5) is 4.39 Å². The minimum absolute atomic E-state index is 0.210. The van der Waals surface area contributed by atoms with Gasteiger partial charge in [0.05, 0.1) is 0 Å². The lowest BCUT2D eigenvalue weighted by atomic mass is 9.79. The lowest BCUT2D eigenvalue weighted by molar-refractivity contribution is 0.394. The molecular weight excluding hydrogens is 203 g/mol. The molecule has 0 aliphatic rings. The fraction of sp³-hybridized carbons (Fsp3) is 0.571. The molecule has 0 saturated heterocycles. The van der Waals surface area contributed by atoms with Crippen molar-refractivity contribution in [3.8, 4) is 5.75 Å². The van der Waals surface area contributed by atoms with E-state index in [1.807, 2.05) is 13.8 Å². The van der Waals surface area contributed by atoms with Crippen molar-refractivity contribution in [1.82, 2.24) is 0 Å². The predicted octanol–water partition coefficient (Wildman–Crippen LogP) is 4.39. The van der Waals surface area contributed by atoms with Crippen LogP contribution in [0.1, 0.15) is 52.0 Å². The summed E-state index contributed by atoms with van der Waals surface area (Å²) in [6, 6.07) is 4.86. The predicted molar refractivity (Wildman–Crippen MR) is 65.2 cm³/mol. The first-order valence-corrected chi connectivity index (χ1v) is 5.97. The van der Waals surface area contributed by atoms with Crippen LogP contribution in [-0.2, 0) is 5.41 Å². The van der Waals surface area contributed by atoms with Crippen LogP contribution in [0.25, 0.3) is 0 Å². The Morgan fingerprint density at radius 3 is 2.56 bits per heavy atom. The summed E-state index contributed by atoms with van der Waals surface area (Å²) in [5.41, 5.74) is 0.404. The second kappa shape index (κ2) is 5.33. The van der Waals surface area contributed by atoms with Gasteiger partial charge in [0.15, 0.2) is 11.6 Å². The highest BCUT2D eigenvalue weighted by atomic mass is 19.1. The molecule has 0 aliphatic heterocycles. The summed E-state index contributed by atoms with van der Waals surface area (Å²) >= 11 is 0. The number of aromatic hydroxyl groups is 1. The molecule has 0 saturated carbocycles. The first-order chi connectivity index (χ1) is 7.49. The van der Waals surface area contributed by atoms with Gasteiger partial charge >= 0.3 is 0 Å². The van der Waals surface area contributed by atoms with Crippen LogP contribution < -0.4 is 0 Å². The van der Waals surface area contributed by atoms with Crippen LogP contribution in [0.15, 0.2) is 18.2 Å². The van der Waals surface area contributed by atoms with Gasteiger partial charge in [-0.15, -0.1) is 0 Å². The van der Waals surface area contributed by atoms with E-state index in [1.165, 1.54) is 18.9 Å². The van der Waals surface area contributed by atoms with Gasteiger partial charge in [-0.05, 0) is 23.5 Å². The molecule has 16 heavy (non-hydrogen) atoms. The zero-order valence-electron chi connectivity index (χ0n) is 10.4. The topological polar surface area (TPSA) is 20.2 Å². The average molecular weight is 224 g/mol. The molecule has 0 atom stereocenters. The molecule has 0 aromatic heterocycles. The third kappa shape index (κ3) is 2.97. The van der Waals surface area contributed by atoms with E-state index in [1.54, 1.807) is 12.1 Å². The van der Waals surface area contributed by atoms with E-state index in [0.29, 0.717) is 5.56 Å². The van der Waals surface area contributed by atoms with Gasteiger partial charge in [-0.25, -0.2) is 4.39 Å². The van der Waals surface area contributed by atoms with Crippen LogP contribution in [0.5, 0.6) is 5.75 Å². The molecule has 0 aliphatic carbocycles. The molecular formula is C14H21FO. The molecule has 1 aromatic rings. The number of hydrogen-bond donors (Lipinski definition) is 1. The standard InChI is InChI=1S/C14H21FO/c1-4-5-6-10-14(2,3)11-8-7-9-12(16)13(11)15/h7-9,16H,4-6,10H2,1-3H3. The van der Waals surface area contributed by atoms with Gasteiger partial charge in [0, 0.05) is 0 Å². The number of unbranched alkanes of at least 4 members (excludes halogenated alkanes) is 2. The Balaban J connectivity index is 2.84. The smallest absolute Gasteiger partial charge is 0.168 e. The fourth-order valence-corrected chi connectivity index (χ4v) is 1.99. The summed E-state index contributed by atoms with van der Waals surface area (Å²) < 4.78 is 13.8. The normalized spacial score (nSPS) is 11.8. The van der Waals surface area contributed by atoms with Crippen molar-refractivity contribution in [2.24, 2.45) is 0 Å². The maximum Gasteiger partial charge on any atom is 0.168 e. The highest BCUT2D eigenvalue weighted by molar-refractivity contribution is 5.34. The first-order valence-electron chi connectivity index (χ1n) is 5.97. The van der Waals surface area contributed by atoms with Gasteiger partial charge in [0.1, 0.15) is 0 Å². The Morgan fingerprint density at radius 1 is 1.25 bits per heavy atom. The van der Waals surface area contributed by atoms with Crippen LogP contribution in [0.3, 0.4) is 0 Å². The molecule has 0 amide bonds. The molecule has 0 unspecified atom stereocenters. The summed E-state index contributed by atoms with van der Waals surface area (Å²) in [5, 5.41) is 9.36. The number of benzene rings is 1. The quantitative estimate of drug-likeness (QED) is 0.735. The van der Waals surface area contributed by atoms with Gasteiger partial charge < -0.3 is 5.11 Å². The zero-order valence-corrected chi connectivity index (χ0v) is 10.4. The van der Waals surface area contributed by atoms with Gasteiger partial charge in [-0.1, -0.05) is 52.2 Å². The van der Waals surface area contributed by atoms with Crippen LogP contribution >= 0.6 is 0 Å². The number of halogens is 1. The summed E-state index contributed by atoms with van der Waals surface area (Å²) in [4.78, 5) is 0. The Labute approximate surface area is 97.3 Å². The highest BCUT2D eigenvalue weighted by Gasteiger charge is 2.24. The van der Waals surface area contributed by atoms with Crippen molar-refractivity contribution < 1.29 is 9.50 Å². The van der Waals surface area contributed by atoms with Gasteiger partial charge in [-0.3, -0.25) is 0 Å². The molecule has 1 nitrogen and oxygen atoms in total. The lowest BCUT2D eigenvalue weighted by Crippen LogP contribution is -2.18. The van der Waals surface area contributed by atoms with Crippen LogP contribution in [-0.4, -0.2) is 5.11 Å². The molecule has 0 fully saturated rings. The minimum Gasteiger partial charge on any atom is -0.505 e. The minimum atomic E-state index is -0.469. The Kier molecular flexibility index (Phi) is 4.34. The molecule has 0 spiro atoms. The van der Waals surface area contributed by atoms with Crippen molar-refractivity contribution in [2.75, 3.05) is 0 Å². The van der Waals surface area contributed by atoms with Gasteiger partial charge in [-0.2, -0.15) is 0 Å². The third-order valence-corrected chi connectivity index (χ3v) is 3.11. The number of phenols is 1. The van der Waals surface area contributed by atoms with E-state index in [0.717, 1.165) is 12.8 Å².